The van der Waals surface area contributed by atoms with Crippen molar-refractivity contribution in [1.29, 1.82) is 0 Å². The van der Waals surface area contributed by atoms with Crippen LogP contribution in [0.1, 0.15) is 50.5 Å². The van der Waals surface area contributed by atoms with Crippen molar-refractivity contribution in [3.05, 3.63) is 54.2 Å². The lowest BCUT2D eigenvalue weighted by molar-refractivity contribution is -0.870. The third-order valence-electron chi connectivity index (χ3n) is 9.27. The van der Waals surface area contributed by atoms with E-state index in [1.807, 2.05) is 53.6 Å². The largest absolute Gasteiger partial charge is 0.494 e. The highest BCUT2D eigenvalue weighted by atomic mass is 16.7. The normalized spacial score (nSPS) is 19.8. The predicted octanol–water partition coefficient (Wildman–Crippen LogP) is 4.75. The molecule has 0 spiro atoms. The van der Waals surface area contributed by atoms with Gasteiger partial charge in [-0.2, -0.15) is 0 Å². The number of nitrogens with zero attached hydrogens (tertiary/aromatic N) is 4. The molecule has 0 unspecified atom stereocenters. The SMILES string of the molecule is CCCCN(CCCC[N+](C)(C)C)C(=O)CN1C[C@H](c2ccc3c(c2)OCO3)[C@@H](C(=O)O)[C@@H]1CCn1cc2ccccc2c1O. The second-order valence-electron chi connectivity index (χ2n) is 13.6. The first-order valence-electron chi connectivity index (χ1n) is 16.3. The molecule has 0 saturated carbocycles. The van der Waals surface area contributed by atoms with E-state index in [9.17, 15) is 19.8 Å². The molecule has 0 radical (unpaired) electrons. The van der Waals surface area contributed by atoms with Gasteiger partial charge in [-0.05, 0) is 49.4 Å². The summed E-state index contributed by atoms with van der Waals surface area (Å²) in [6.45, 7) is 5.76. The molecule has 10 nitrogen and oxygen atoms in total. The van der Waals surface area contributed by atoms with Crippen LogP contribution in [-0.2, 0) is 16.1 Å². The maximum atomic E-state index is 13.9. The van der Waals surface area contributed by atoms with E-state index in [1.165, 1.54) is 0 Å². The van der Waals surface area contributed by atoms with E-state index in [0.717, 1.165) is 53.0 Å². The molecule has 1 saturated heterocycles. The van der Waals surface area contributed by atoms with Crippen molar-refractivity contribution in [2.45, 2.75) is 57.5 Å². The first kappa shape index (κ1) is 32.6. The molecule has 45 heavy (non-hydrogen) atoms. The highest BCUT2D eigenvalue weighted by Gasteiger charge is 2.47. The zero-order valence-electron chi connectivity index (χ0n) is 27.2. The number of fused-ring (bicyclic) bond motifs is 2. The number of carboxylic acid groups (broad SMARTS) is 1. The molecule has 3 atom stereocenters. The molecule has 2 aromatic carbocycles. The third kappa shape index (κ3) is 7.73. The first-order chi connectivity index (χ1) is 21.6. The summed E-state index contributed by atoms with van der Waals surface area (Å²) < 4.78 is 13.8. The summed E-state index contributed by atoms with van der Waals surface area (Å²) in [5, 5.41) is 23.2. The standard InChI is InChI=1S/C35H48N4O6/c1-5-6-16-36(17-9-10-19-39(2,3)4)32(40)23-38-22-28(25-13-14-30-31(20-25)45-24-44-30)33(35(42)43)29(38)15-18-37-21-26-11-7-8-12-27(26)34(37)41/h7-8,11-14,20-21,28-29,33H,5-6,9-10,15-19,22-24H2,1-4H3,(H-,41,42,43)/p+1/t28-,29+,33-/m1/s1. The Morgan fingerprint density at radius 3 is 2.51 bits per heavy atom. The number of aromatic hydroxyl groups is 1. The molecular formula is C35H49N4O6+. The third-order valence-corrected chi connectivity index (χ3v) is 9.27. The molecular weight excluding hydrogens is 572 g/mol. The molecule has 1 amide bonds. The van der Waals surface area contributed by atoms with Gasteiger partial charge in [-0.15, -0.1) is 0 Å². The molecule has 0 aliphatic carbocycles. The van der Waals surface area contributed by atoms with Crippen LogP contribution in [0.4, 0.5) is 0 Å². The summed E-state index contributed by atoms with van der Waals surface area (Å²) >= 11 is 0. The maximum absolute atomic E-state index is 13.9. The Kier molecular flexibility index (Phi) is 10.2. The Labute approximate surface area is 266 Å². The molecule has 2 aliphatic heterocycles. The molecule has 2 N–H and O–H groups in total. The molecule has 2 aliphatic rings. The van der Waals surface area contributed by atoms with E-state index >= 15 is 0 Å². The molecule has 1 fully saturated rings. The summed E-state index contributed by atoms with van der Waals surface area (Å²) in [4.78, 5) is 30.9. The fraction of sp³-hybridized carbons (Fsp3) is 0.543. The smallest absolute Gasteiger partial charge is 0.308 e. The Hall–Kier alpha value is -3.76. The number of hydrogen-bond donors (Lipinski definition) is 2. The van der Waals surface area contributed by atoms with Gasteiger partial charge in [0.15, 0.2) is 17.4 Å². The number of ether oxygens (including phenoxy) is 2. The van der Waals surface area contributed by atoms with Crippen molar-refractivity contribution in [1.82, 2.24) is 14.4 Å². The Balaban J connectivity index is 1.38. The number of carboxylic acids is 1. The van der Waals surface area contributed by atoms with Crippen LogP contribution in [0.5, 0.6) is 17.4 Å². The number of rotatable bonds is 15. The number of carbonyl (C=O) groups is 2. The fourth-order valence-electron chi connectivity index (χ4n) is 6.85. The summed E-state index contributed by atoms with van der Waals surface area (Å²) in [6.07, 6.45) is 6.28. The van der Waals surface area contributed by atoms with Crippen molar-refractivity contribution in [3.8, 4) is 17.4 Å². The summed E-state index contributed by atoms with van der Waals surface area (Å²) in [6, 6.07) is 12.9. The van der Waals surface area contributed by atoms with Gasteiger partial charge in [0.2, 0.25) is 12.7 Å². The van der Waals surface area contributed by atoms with Crippen LogP contribution < -0.4 is 9.47 Å². The molecule has 244 valence electrons. The van der Waals surface area contributed by atoms with Crippen LogP contribution in [0.25, 0.3) is 10.8 Å². The lowest BCUT2D eigenvalue weighted by Crippen LogP contribution is -2.45. The van der Waals surface area contributed by atoms with E-state index in [0.29, 0.717) is 44.1 Å². The van der Waals surface area contributed by atoms with Gasteiger partial charge in [0.1, 0.15) is 0 Å². The van der Waals surface area contributed by atoms with Gasteiger partial charge in [0, 0.05) is 55.1 Å². The Morgan fingerprint density at radius 1 is 1.02 bits per heavy atom. The van der Waals surface area contributed by atoms with Gasteiger partial charge in [0.25, 0.3) is 0 Å². The predicted molar refractivity (Wildman–Crippen MR) is 174 cm³/mol. The zero-order valence-corrected chi connectivity index (χ0v) is 27.2. The molecule has 0 bridgehead atoms. The van der Waals surface area contributed by atoms with Crippen LogP contribution >= 0.6 is 0 Å². The van der Waals surface area contributed by atoms with Gasteiger partial charge in [-0.3, -0.25) is 14.5 Å². The van der Waals surface area contributed by atoms with E-state index in [1.54, 1.807) is 4.57 Å². The number of likely N-dealkylation sites (tertiary alicyclic amines) is 1. The minimum atomic E-state index is -0.886. The first-order valence-corrected chi connectivity index (χ1v) is 16.3. The van der Waals surface area contributed by atoms with Crippen molar-refractivity contribution < 1.29 is 33.8 Å². The quantitative estimate of drug-likeness (QED) is 0.187. The van der Waals surface area contributed by atoms with Gasteiger partial charge in [0.05, 0.1) is 40.2 Å². The Bertz CT molecular complexity index is 1480. The lowest BCUT2D eigenvalue weighted by Gasteiger charge is -2.30. The van der Waals surface area contributed by atoms with Gasteiger partial charge >= 0.3 is 5.97 Å². The Morgan fingerprint density at radius 2 is 1.78 bits per heavy atom. The van der Waals surface area contributed by atoms with Gasteiger partial charge in [-0.1, -0.05) is 37.6 Å². The average Bonchev–Trinajstić information content (AvgIpc) is 3.70. The van der Waals surface area contributed by atoms with E-state index in [-0.39, 0.29) is 31.0 Å². The van der Waals surface area contributed by atoms with Crippen molar-refractivity contribution in [3.63, 3.8) is 0 Å². The van der Waals surface area contributed by atoms with E-state index in [4.69, 9.17) is 9.47 Å². The number of aromatic nitrogens is 1. The number of aliphatic carboxylic acids is 1. The number of unbranched alkanes of at least 4 members (excludes halogenated alkanes) is 2. The number of hydrogen-bond acceptors (Lipinski definition) is 6. The molecule has 3 heterocycles. The van der Waals surface area contributed by atoms with E-state index in [2.05, 4.69) is 33.0 Å². The molecule has 1 aromatic heterocycles. The van der Waals surface area contributed by atoms with Crippen molar-refractivity contribution in [2.75, 3.05) is 60.7 Å². The fourth-order valence-corrected chi connectivity index (χ4v) is 6.85. The summed E-state index contributed by atoms with van der Waals surface area (Å²) in [5.74, 6) is -0.471. The number of benzene rings is 2. The molecule has 3 aromatic rings. The number of amides is 1. The minimum absolute atomic E-state index is 0.0451. The molecule has 5 rings (SSSR count). The van der Waals surface area contributed by atoms with Crippen molar-refractivity contribution >= 4 is 22.6 Å². The number of carbonyl (C=O) groups excluding carboxylic acids is 1. The second-order valence-corrected chi connectivity index (χ2v) is 13.6. The number of quaternary nitrogens is 1. The minimum Gasteiger partial charge on any atom is -0.494 e. The van der Waals surface area contributed by atoms with Gasteiger partial charge < -0.3 is 33.6 Å². The second kappa shape index (κ2) is 14.1. The number of aryl methyl sites for hydroxylation is 1. The van der Waals surface area contributed by atoms with Crippen LogP contribution in [0, 0.1) is 5.92 Å². The summed E-state index contributed by atoms with van der Waals surface area (Å²) in [7, 11) is 6.54. The van der Waals surface area contributed by atoms with Crippen LogP contribution in [0.15, 0.2) is 48.7 Å². The average molecular weight is 622 g/mol. The highest BCUT2D eigenvalue weighted by Crippen LogP contribution is 2.43. The van der Waals surface area contributed by atoms with E-state index < -0.39 is 17.9 Å². The maximum Gasteiger partial charge on any atom is 0.308 e. The zero-order chi connectivity index (χ0) is 32.1. The molecule has 10 heteroatoms. The van der Waals surface area contributed by atoms with Crippen LogP contribution in [0.3, 0.4) is 0 Å². The van der Waals surface area contributed by atoms with Crippen LogP contribution in [-0.4, -0.2) is 108 Å². The van der Waals surface area contributed by atoms with Crippen LogP contribution in [0.2, 0.25) is 0 Å². The topological polar surface area (TPSA) is 104 Å². The van der Waals surface area contributed by atoms with Gasteiger partial charge in [-0.25, -0.2) is 0 Å². The highest BCUT2D eigenvalue weighted by molar-refractivity contribution is 5.87. The van der Waals surface area contributed by atoms with Crippen molar-refractivity contribution in [2.24, 2.45) is 5.92 Å². The monoisotopic (exact) mass is 621 g/mol. The lowest BCUT2D eigenvalue weighted by atomic mass is 9.84. The summed E-state index contributed by atoms with van der Waals surface area (Å²) in [5.41, 5.74) is 0.865.